The second kappa shape index (κ2) is 4.25. The van der Waals surface area contributed by atoms with Crippen molar-refractivity contribution in [2.24, 2.45) is 0 Å². The highest BCUT2D eigenvalue weighted by Crippen LogP contribution is 2.09. The Morgan fingerprint density at radius 1 is 1.62 bits per heavy atom. The van der Waals surface area contributed by atoms with Crippen LogP contribution >= 0.6 is 0 Å². The van der Waals surface area contributed by atoms with Crippen molar-refractivity contribution in [3.8, 4) is 0 Å². The average Bonchev–Trinajstić information content (AvgIpc) is 2.17. The van der Waals surface area contributed by atoms with Crippen molar-refractivity contribution >= 4 is 17.1 Å². The molecule has 0 bridgehead atoms. The molecule has 1 rings (SSSR count). The van der Waals surface area contributed by atoms with Crippen LogP contribution in [0.25, 0.3) is 0 Å². The molecule has 0 aliphatic heterocycles. The number of nitrogens with zero attached hydrogens (tertiary/aromatic N) is 1. The van der Waals surface area contributed by atoms with Gasteiger partial charge in [0.1, 0.15) is 6.26 Å². The number of carbonyl (C=O) groups is 1. The van der Waals surface area contributed by atoms with Crippen molar-refractivity contribution < 1.29 is 14.1 Å². The standard InChI is InChI=1S/C8H9NO3S/c1-12-8(10)6-3-7(13(2)11)5-9-4-6/h3-5H,1-2H3. The van der Waals surface area contributed by atoms with Crippen LogP contribution in [-0.2, 0) is 15.9 Å². The molecule has 13 heavy (non-hydrogen) atoms. The third-order valence-electron chi connectivity index (χ3n) is 1.47. The molecule has 0 N–H and O–H groups in total. The molecule has 70 valence electrons. The Balaban J connectivity index is 2.98. The zero-order valence-electron chi connectivity index (χ0n) is 7.31. The van der Waals surface area contributed by atoms with Gasteiger partial charge < -0.3 is 9.29 Å². The van der Waals surface area contributed by atoms with E-state index >= 15 is 0 Å². The molecule has 1 heterocycles. The molecule has 0 aliphatic carbocycles. The van der Waals surface area contributed by atoms with Gasteiger partial charge in [0, 0.05) is 12.3 Å². The van der Waals surface area contributed by atoms with E-state index in [9.17, 15) is 9.35 Å². The lowest BCUT2D eigenvalue weighted by atomic mass is 10.3. The second-order valence-corrected chi connectivity index (χ2v) is 3.73. The van der Waals surface area contributed by atoms with Gasteiger partial charge in [-0.25, -0.2) is 4.79 Å². The number of rotatable bonds is 2. The van der Waals surface area contributed by atoms with Gasteiger partial charge >= 0.3 is 5.97 Å². The Labute approximate surface area is 79.1 Å². The fourth-order valence-corrected chi connectivity index (χ4v) is 1.31. The van der Waals surface area contributed by atoms with Crippen molar-refractivity contribution in [3.05, 3.63) is 24.0 Å². The smallest absolute Gasteiger partial charge is 0.339 e. The van der Waals surface area contributed by atoms with Gasteiger partial charge in [-0.3, -0.25) is 4.98 Å². The number of hydrogen-bond donors (Lipinski definition) is 0. The summed E-state index contributed by atoms with van der Waals surface area (Å²) in [7, 11) is 1.29. The Kier molecular flexibility index (Phi) is 3.27. The molecule has 0 saturated heterocycles. The summed E-state index contributed by atoms with van der Waals surface area (Å²) in [6.07, 6.45) is 4.36. The van der Waals surface area contributed by atoms with Gasteiger partial charge in [-0.1, -0.05) is 0 Å². The first-order chi connectivity index (χ1) is 6.15. The van der Waals surface area contributed by atoms with Crippen molar-refractivity contribution in [2.75, 3.05) is 13.4 Å². The van der Waals surface area contributed by atoms with Crippen LogP contribution in [0, 0.1) is 0 Å². The molecule has 0 aromatic carbocycles. The van der Waals surface area contributed by atoms with E-state index in [1.807, 2.05) is 0 Å². The SMILES string of the molecule is COC(=O)c1cncc([S+](C)[O-])c1. The minimum absolute atomic E-state index is 0.315. The van der Waals surface area contributed by atoms with Crippen molar-refractivity contribution in [1.82, 2.24) is 4.98 Å². The summed E-state index contributed by atoms with van der Waals surface area (Å²) in [6.45, 7) is 0. The van der Waals surface area contributed by atoms with Crippen LogP contribution in [0.3, 0.4) is 0 Å². The lowest BCUT2D eigenvalue weighted by Crippen LogP contribution is -2.05. The molecule has 1 unspecified atom stereocenters. The van der Waals surface area contributed by atoms with Gasteiger partial charge in [-0.15, -0.1) is 0 Å². The maximum atomic E-state index is 11.0. The van der Waals surface area contributed by atoms with E-state index in [1.54, 1.807) is 0 Å². The van der Waals surface area contributed by atoms with E-state index in [0.717, 1.165) is 0 Å². The summed E-state index contributed by atoms with van der Waals surface area (Å²) in [4.78, 5) is 15.3. The highest BCUT2D eigenvalue weighted by Gasteiger charge is 2.10. The lowest BCUT2D eigenvalue weighted by molar-refractivity contribution is 0.0600. The normalized spacial score (nSPS) is 12.2. The minimum atomic E-state index is -1.13. The summed E-state index contributed by atoms with van der Waals surface area (Å²) >= 11 is -1.13. The number of carbonyl (C=O) groups excluding carboxylic acids is 1. The van der Waals surface area contributed by atoms with Gasteiger partial charge in [0.15, 0.2) is 4.90 Å². The van der Waals surface area contributed by atoms with Crippen LogP contribution in [0.4, 0.5) is 0 Å². The molecule has 0 fully saturated rings. The summed E-state index contributed by atoms with van der Waals surface area (Å²) in [5, 5.41) is 0. The minimum Gasteiger partial charge on any atom is -0.612 e. The molecule has 0 radical (unpaired) electrons. The number of esters is 1. The van der Waals surface area contributed by atoms with Gasteiger partial charge in [0.05, 0.1) is 18.9 Å². The van der Waals surface area contributed by atoms with Gasteiger partial charge in [-0.2, -0.15) is 0 Å². The molecule has 4 nitrogen and oxygen atoms in total. The molecule has 0 saturated carbocycles. The first kappa shape index (κ1) is 10.0. The van der Waals surface area contributed by atoms with E-state index in [2.05, 4.69) is 9.72 Å². The van der Waals surface area contributed by atoms with E-state index in [0.29, 0.717) is 10.5 Å². The summed E-state index contributed by atoms with van der Waals surface area (Å²) in [6, 6.07) is 1.51. The first-order valence-electron chi connectivity index (χ1n) is 3.52. The third kappa shape index (κ3) is 2.43. The average molecular weight is 199 g/mol. The zero-order valence-corrected chi connectivity index (χ0v) is 8.13. The van der Waals surface area contributed by atoms with Crippen molar-refractivity contribution in [3.63, 3.8) is 0 Å². The zero-order chi connectivity index (χ0) is 9.84. The van der Waals surface area contributed by atoms with E-state index in [4.69, 9.17) is 0 Å². The highest BCUT2D eigenvalue weighted by molar-refractivity contribution is 7.90. The summed E-state index contributed by atoms with van der Waals surface area (Å²) in [5.41, 5.74) is 0.315. The van der Waals surface area contributed by atoms with Crippen LogP contribution in [0.2, 0.25) is 0 Å². The molecule has 0 amide bonds. The molecule has 0 spiro atoms. The molecular weight excluding hydrogens is 190 g/mol. The van der Waals surface area contributed by atoms with Crippen LogP contribution in [-0.4, -0.2) is 28.9 Å². The Hall–Kier alpha value is -1.07. The van der Waals surface area contributed by atoms with E-state index in [-0.39, 0.29) is 0 Å². The number of methoxy groups -OCH3 is 1. The summed E-state index contributed by atoms with van der Waals surface area (Å²) < 4.78 is 15.5. The molecule has 0 aliphatic rings. The highest BCUT2D eigenvalue weighted by atomic mass is 32.2. The fourth-order valence-electron chi connectivity index (χ4n) is 0.806. The van der Waals surface area contributed by atoms with E-state index < -0.39 is 17.1 Å². The number of ether oxygens (including phenoxy) is 1. The maximum absolute atomic E-state index is 11.0. The van der Waals surface area contributed by atoms with Gasteiger partial charge in [-0.05, 0) is 11.2 Å². The van der Waals surface area contributed by atoms with Gasteiger partial charge in [0.2, 0.25) is 0 Å². The molecule has 1 atom stereocenters. The van der Waals surface area contributed by atoms with Crippen molar-refractivity contribution in [1.29, 1.82) is 0 Å². The monoisotopic (exact) mass is 199 g/mol. The Morgan fingerprint density at radius 3 is 2.85 bits per heavy atom. The molecular formula is C8H9NO3S. The van der Waals surface area contributed by atoms with Crippen molar-refractivity contribution in [2.45, 2.75) is 4.90 Å². The van der Waals surface area contributed by atoms with Crippen LogP contribution in [0.15, 0.2) is 23.4 Å². The molecule has 1 aromatic heterocycles. The third-order valence-corrected chi connectivity index (χ3v) is 2.35. The van der Waals surface area contributed by atoms with Crippen LogP contribution < -0.4 is 0 Å². The maximum Gasteiger partial charge on any atom is 0.339 e. The second-order valence-electron chi connectivity index (χ2n) is 2.36. The predicted molar refractivity (Wildman–Crippen MR) is 47.9 cm³/mol. The van der Waals surface area contributed by atoms with Crippen LogP contribution in [0.1, 0.15) is 10.4 Å². The Bertz CT molecular complexity index is 314. The topological polar surface area (TPSA) is 62.2 Å². The number of aromatic nitrogens is 1. The van der Waals surface area contributed by atoms with Gasteiger partial charge in [0.25, 0.3) is 0 Å². The quantitative estimate of drug-likeness (QED) is 0.517. The molecule has 5 heteroatoms. The predicted octanol–water partition coefficient (Wildman–Crippen LogP) is 0.606. The number of hydrogen-bond acceptors (Lipinski definition) is 4. The summed E-state index contributed by atoms with van der Waals surface area (Å²) in [5.74, 6) is -0.472. The molecule has 1 aromatic rings. The number of pyridine rings is 1. The first-order valence-corrected chi connectivity index (χ1v) is 5.07. The van der Waals surface area contributed by atoms with Crippen LogP contribution in [0.5, 0.6) is 0 Å². The fraction of sp³-hybridized carbons (Fsp3) is 0.250. The van der Waals surface area contributed by atoms with E-state index in [1.165, 1.54) is 31.8 Å². The lowest BCUT2D eigenvalue weighted by Gasteiger charge is -2.04. The Morgan fingerprint density at radius 2 is 2.31 bits per heavy atom. The largest absolute Gasteiger partial charge is 0.612 e.